The molecule has 1 heteroatoms. The van der Waals surface area contributed by atoms with Crippen LogP contribution in [0.25, 0.3) is 11.1 Å². The molecule has 0 radical (unpaired) electrons. The molecule has 2 aromatic rings. The monoisotopic (exact) mass is 282 g/mol. The Morgan fingerprint density at radius 3 is 1.76 bits per heavy atom. The van der Waals surface area contributed by atoms with E-state index in [0.717, 1.165) is 5.56 Å². The molecule has 0 amide bonds. The Morgan fingerprint density at radius 2 is 1.29 bits per heavy atom. The van der Waals surface area contributed by atoms with Crippen molar-refractivity contribution in [2.24, 2.45) is 0 Å². The Labute approximate surface area is 128 Å². The minimum Gasteiger partial charge on any atom is -0.508 e. The van der Waals surface area contributed by atoms with Crippen LogP contribution in [-0.4, -0.2) is 5.11 Å². The maximum atomic E-state index is 9.52. The molecule has 0 aromatic heterocycles. The largest absolute Gasteiger partial charge is 0.508 e. The number of aromatic hydroxyl groups is 1. The number of hydrogen-bond donors (Lipinski definition) is 1. The first-order chi connectivity index (χ1) is 9.59. The van der Waals surface area contributed by atoms with Crippen molar-refractivity contribution < 1.29 is 5.11 Å². The quantitative estimate of drug-likeness (QED) is 0.716. The summed E-state index contributed by atoms with van der Waals surface area (Å²) in [4.78, 5) is 0. The molecule has 1 nitrogen and oxygen atoms in total. The lowest BCUT2D eigenvalue weighted by Gasteiger charge is -2.27. The summed E-state index contributed by atoms with van der Waals surface area (Å²) in [7, 11) is 0. The van der Waals surface area contributed by atoms with E-state index in [9.17, 15) is 5.11 Å². The fourth-order valence-corrected chi connectivity index (χ4v) is 2.54. The Bertz CT molecular complexity index is 622. The van der Waals surface area contributed by atoms with E-state index >= 15 is 0 Å². The Morgan fingerprint density at radius 1 is 0.714 bits per heavy atom. The molecular weight excluding hydrogens is 256 g/mol. The van der Waals surface area contributed by atoms with E-state index in [0.29, 0.717) is 5.75 Å². The van der Waals surface area contributed by atoms with E-state index in [1.54, 1.807) is 12.1 Å². The highest BCUT2D eigenvalue weighted by Crippen LogP contribution is 2.36. The average molecular weight is 282 g/mol. The number of hydrogen-bond acceptors (Lipinski definition) is 1. The van der Waals surface area contributed by atoms with Gasteiger partial charge in [-0.3, -0.25) is 0 Å². The number of rotatable bonds is 1. The summed E-state index contributed by atoms with van der Waals surface area (Å²) in [6, 6.07) is 14.3. The van der Waals surface area contributed by atoms with E-state index in [4.69, 9.17) is 0 Å². The van der Waals surface area contributed by atoms with Gasteiger partial charge in [-0.1, -0.05) is 71.9 Å². The third-order valence-corrected chi connectivity index (χ3v) is 3.87. The van der Waals surface area contributed by atoms with Gasteiger partial charge in [0.1, 0.15) is 5.75 Å². The first-order valence-electron chi connectivity index (χ1n) is 7.53. The van der Waals surface area contributed by atoms with Gasteiger partial charge >= 0.3 is 0 Å². The fourth-order valence-electron chi connectivity index (χ4n) is 2.54. The SMILES string of the molecule is CC(C)(C)c1ccc(C(C)(C)C)c(-c2ccc(O)cc2)c1. The Hall–Kier alpha value is -1.76. The van der Waals surface area contributed by atoms with Gasteiger partial charge in [0.2, 0.25) is 0 Å². The van der Waals surface area contributed by atoms with E-state index in [-0.39, 0.29) is 10.8 Å². The van der Waals surface area contributed by atoms with E-state index in [1.807, 2.05) is 12.1 Å². The third kappa shape index (κ3) is 3.47. The number of phenols is 1. The summed E-state index contributed by atoms with van der Waals surface area (Å²) in [5, 5.41) is 9.52. The molecule has 0 bridgehead atoms. The van der Waals surface area contributed by atoms with Crippen LogP contribution in [0, 0.1) is 0 Å². The summed E-state index contributed by atoms with van der Waals surface area (Å²) < 4.78 is 0. The van der Waals surface area contributed by atoms with Crippen LogP contribution < -0.4 is 0 Å². The van der Waals surface area contributed by atoms with Crippen molar-refractivity contribution in [1.82, 2.24) is 0 Å². The van der Waals surface area contributed by atoms with Gasteiger partial charge in [-0.05, 0) is 45.2 Å². The molecule has 0 heterocycles. The zero-order valence-corrected chi connectivity index (χ0v) is 14.0. The number of benzene rings is 2. The lowest BCUT2D eigenvalue weighted by Crippen LogP contribution is -2.16. The van der Waals surface area contributed by atoms with Crippen LogP contribution in [0.4, 0.5) is 0 Å². The van der Waals surface area contributed by atoms with Gasteiger partial charge in [-0.2, -0.15) is 0 Å². The molecular formula is C20H26O. The molecule has 0 aliphatic rings. The van der Waals surface area contributed by atoms with Crippen molar-refractivity contribution in [3.8, 4) is 16.9 Å². The highest BCUT2D eigenvalue weighted by molar-refractivity contribution is 5.70. The van der Waals surface area contributed by atoms with Crippen molar-refractivity contribution >= 4 is 0 Å². The first kappa shape index (κ1) is 15.6. The van der Waals surface area contributed by atoms with Crippen molar-refractivity contribution in [3.05, 3.63) is 53.6 Å². The third-order valence-electron chi connectivity index (χ3n) is 3.87. The van der Waals surface area contributed by atoms with Crippen LogP contribution >= 0.6 is 0 Å². The van der Waals surface area contributed by atoms with Gasteiger partial charge in [0.15, 0.2) is 0 Å². The zero-order valence-electron chi connectivity index (χ0n) is 14.0. The van der Waals surface area contributed by atoms with Crippen LogP contribution in [0.5, 0.6) is 5.75 Å². The highest BCUT2D eigenvalue weighted by atomic mass is 16.3. The zero-order chi connectivity index (χ0) is 15.8. The van der Waals surface area contributed by atoms with Crippen molar-refractivity contribution in [1.29, 1.82) is 0 Å². The van der Waals surface area contributed by atoms with Crippen molar-refractivity contribution in [2.45, 2.75) is 52.4 Å². The summed E-state index contributed by atoms with van der Waals surface area (Å²) >= 11 is 0. The van der Waals surface area contributed by atoms with Gasteiger partial charge in [0.25, 0.3) is 0 Å². The number of phenolic OH excluding ortho intramolecular Hbond substituents is 1. The van der Waals surface area contributed by atoms with Gasteiger partial charge in [0.05, 0.1) is 0 Å². The summed E-state index contributed by atoms with van der Waals surface area (Å²) in [5.74, 6) is 0.308. The molecule has 1 N–H and O–H groups in total. The van der Waals surface area contributed by atoms with Crippen molar-refractivity contribution in [2.75, 3.05) is 0 Å². The second-order valence-corrected chi connectivity index (χ2v) is 7.81. The molecule has 2 rings (SSSR count). The van der Waals surface area contributed by atoms with Crippen molar-refractivity contribution in [3.63, 3.8) is 0 Å². The van der Waals surface area contributed by atoms with Crippen LogP contribution in [0.1, 0.15) is 52.7 Å². The maximum absolute atomic E-state index is 9.52. The molecule has 0 aliphatic carbocycles. The molecule has 112 valence electrons. The molecule has 0 unspecified atom stereocenters. The molecule has 0 saturated carbocycles. The Balaban J connectivity index is 2.67. The summed E-state index contributed by atoms with van der Waals surface area (Å²) in [5.41, 5.74) is 5.30. The first-order valence-corrected chi connectivity index (χ1v) is 7.53. The lowest BCUT2D eigenvalue weighted by atomic mass is 9.78. The van der Waals surface area contributed by atoms with Gasteiger partial charge < -0.3 is 5.11 Å². The smallest absolute Gasteiger partial charge is 0.115 e. The van der Waals surface area contributed by atoms with E-state index < -0.39 is 0 Å². The average Bonchev–Trinajstić information content (AvgIpc) is 2.37. The molecule has 2 aromatic carbocycles. The minimum absolute atomic E-state index is 0.0869. The second kappa shape index (κ2) is 5.22. The predicted octanol–water partition coefficient (Wildman–Crippen LogP) is 5.65. The predicted molar refractivity (Wildman–Crippen MR) is 90.9 cm³/mol. The fraction of sp³-hybridized carbons (Fsp3) is 0.400. The standard InChI is InChI=1S/C20H26O/c1-19(2,3)15-9-12-18(20(4,5)6)17(13-15)14-7-10-16(21)11-8-14/h7-13,21H,1-6H3. The van der Waals surface area contributed by atoms with E-state index in [2.05, 4.69) is 59.7 Å². The normalized spacial score (nSPS) is 12.5. The lowest BCUT2D eigenvalue weighted by molar-refractivity contribution is 0.475. The van der Waals surface area contributed by atoms with Gasteiger partial charge in [-0.15, -0.1) is 0 Å². The molecule has 0 fully saturated rings. The molecule has 21 heavy (non-hydrogen) atoms. The second-order valence-electron chi connectivity index (χ2n) is 7.81. The highest BCUT2D eigenvalue weighted by Gasteiger charge is 2.22. The topological polar surface area (TPSA) is 20.2 Å². The molecule has 0 spiro atoms. The Kier molecular flexibility index (Phi) is 3.88. The van der Waals surface area contributed by atoms with Crippen LogP contribution in [0.2, 0.25) is 0 Å². The van der Waals surface area contributed by atoms with Gasteiger partial charge in [-0.25, -0.2) is 0 Å². The van der Waals surface area contributed by atoms with E-state index in [1.165, 1.54) is 16.7 Å². The van der Waals surface area contributed by atoms with Gasteiger partial charge in [0, 0.05) is 0 Å². The molecule has 0 atom stereocenters. The maximum Gasteiger partial charge on any atom is 0.115 e. The summed E-state index contributed by atoms with van der Waals surface area (Å²) in [6.45, 7) is 13.4. The summed E-state index contributed by atoms with van der Waals surface area (Å²) in [6.07, 6.45) is 0. The van der Waals surface area contributed by atoms with Crippen LogP contribution in [0.3, 0.4) is 0 Å². The van der Waals surface area contributed by atoms with Crippen LogP contribution in [-0.2, 0) is 10.8 Å². The minimum atomic E-state index is 0.0869. The van der Waals surface area contributed by atoms with Crippen LogP contribution in [0.15, 0.2) is 42.5 Å². The molecule has 0 aliphatic heterocycles. The molecule has 0 saturated heterocycles.